The number of carbonyl (C=O) groups is 1. The van der Waals surface area contributed by atoms with Gasteiger partial charge in [-0.2, -0.15) is 4.98 Å². The standard InChI is InChI=1S/C19H22Cl2N4O3/c1-13-23-17(25-7-2-3-8-25)11-19(24-13)27-9-6-22-18(26)12-28-16-5-4-14(20)10-15(16)21/h4-5,10-11H,2-3,6-9,12H2,1H3,(H,22,26). The van der Waals surface area contributed by atoms with E-state index in [4.69, 9.17) is 32.7 Å². The number of hydrogen-bond donors (Lipinski definition) is 1. The Kier molecular flexibility index (Phi) is 7.17. The van der Waals surface area contributed by atoms with Gasteiger partial charge in [-0.25, -0.2) is 4.98 Å². The van der Waals surface area contributed by atoms with Crippen LogP contribution in [0.2, 0.25) is 10.0 Å². The number of ether oxygens (including phenoxy) is 2. The van der Waals surface area contributed by atoms with E-state index in [-0.39, 0.29) is 12.5 Å². The number of aromatic nitrogens is 2. The van der Waals surface area contributed by atoms with Crippen LogP contribution >= 0.6 is 23.2 Å². The molecule has 0 radical (unpaired) electrons. The molecule has 1 aliphatic heterocycles. The van der Waals surface area contributed by atoms with E-state index in [2.05, 4.69) is 20.2 Å². The topological polar surface area (TPSA) is 76.6 Å². The number of amides is 1. The van der Waals surface area contributed by atoms with Crippen molar-refractivity contribution in [3.63, 3.8) is 0 Å². The second-order valence-electron chi connectivity index (χ2n) is 6.37. The van der Waals surface area contributed by atoms with E-state index in [0.29, 0.717) is 40.7 Å². The van der Waals surface area contributed by atoms with Crippen molar-refractivity contribution in [2.24, 2.45) is 0 Å². The molecular weight excluding hydrogens is 403 g/mol. The van der Waals surface area contributed by atoms with Gasteiger partial charge in [0.1, 0.15) is 24.0 Å². The summed E-state index contributed by atoms with van der Waals surface area (Å²) in [5, 5.41) is 3.59. The number of anilines is 1. The van der Waals surface area contributed by atoms with E-state index in [9.17, 15) is 4.79 Å². The number of halogens is 2. The summed E-state index contributed by atoms with van der Waals surface area (Å²) in [7, 11) is 0. The fourth-order valence-corrected chi connectivity index (χ4v) is 3.30. The van der Waals surface area contributed by atoms with Gasteiger partial charge < -0.3 is 19.7 Å². The number of benzene rings is 1. The molecule has 1 fully saturated rings. The molecular formula is C19H22Cl2N4O3. The molecule has 1 saturated heterocycles. The van der Waals surface area contributed by atoms with Gasteiger partial charge in [0.2, 0.25) is 5.88 Å². The molecule has 1 aromatic heterocycles. The van der Waals surface area contributed by atoms with Crippen LogP contribution in [-0.2, 0) is 4.79 Å². The first-order valence-corrected chi connectivity index (χ1v) is 9.85. The average Bonchev–Trinajstić information content (AvgIpc) is 3.19. The lowest BCUT2D eigenvalue weighted by Crippen LogP contribution is -2.32. The molecule has 1 aromatic carbocycles. The van der Waals surface area contributed by atoms with Crippen molar-refractivity contribution in [3.8, 4) is 11.6 Å². The molecule has 1 amide bonds. The highest BCUT2D eigenvalue weighted by molar-refractivity contribution is 6.35. The molecule has 0 saturated carbocycles. The van der Waals surface area contributed by atoms with Crippen molar-refractivity contribution in [1.82, 2.24) is 15.3 Å². The van der Waals surface area contributed by atoms with Gasteiger partial charge in [-0.05, 0) is 38.0 Å². The lowest BCUT2D eigenvalue weighted by molar-refractivity contribution is -0.123. The van der Waals surface area contributed by atoms with E-state index in [1.807, 2.05) is 13.0 Å². The zero-order chi connectivity index (χ0) is 19.9. The monoisotopic (exact) mass is 424 g/mol. The van der Waals surface area contributed by atoms with Crippen LogP contribution in [-0.4, -0.2) is 48.7 Å². The first kappa shape index (κ1) is 20.5. The lowest BCUT2D eigenvalue weighted by atomic mass is 10.3. The largest absolute Gasteiger partial charge is 0.482 e. The first-order valence-electron chi connectivity index (χ1n) is 9.09. The molecule has 0 bridgehead atoms. The van der Waals surface area contributed by atoms with Crippen LogP contribution in [0.25, 0.3) is 0 Å². The summed E-state index contributed by atoms with van der Waals surface area (Å²) in [6.45, 7) is 4.33. The summed E-state index contributed by atoms with van der Waals surface area (Å²) in [5.74, 6) is 2.19. The molecule has 0 aliphatic carbocycles. The smallest absolute Gasteiger partial charge is 0.258 e. The molecule has 0 spiro atoms. The van der Waals surface area contributed by atoms with E-state index in [1.165, 1.54) is 12.8 Å². The van der Waals surface area contributed by atoms with E-state index >= 15 is 0 Å². The molecule has 7 nitrogen and oxygen atoms in total. The molecule has 1 N–H and O–H groups in total. The minimum absolute atomic E-state index is 0.146. The third-order valence-corrected chi connectivity index (χ3v) is 4.69. The Morgan fingerprint density at radius 1 is 1.18 bits per heavy atom. The van der Waals surface area contributed by atoms with Crippen molar-refractivity contribution >= 4 is 34.9 Å². The predicted molar refractivity (Wildman–Crippen MR) is 109 cm³/mol. The molecule has 150 valence electrons. The van der Waals surface area contributed by atoms with Gasteiger partial charge in [-0.15, -0.1) is 0 Å². The van der Waals surface area contributed by atoms with Crippen molar-refractivity contribution in [3.05, 3.63) is 40.1 Å². The van der Waals surface area contributed by atoms with Gasteiger partial charge in [-0.1, -0.05) is 23.2 Å². The Hall–Kier alpha value is -2.25. The fourth-order valence-electron chi connectivity index (χ4n) is 2.84. The summed E-state index contributed by atoms with van der Waals surface area (Å²) in [4.78, 5) is 22.9. The second-order valence-corrected chi connectivity index (χ2v) is 7.21. The second kappa shape index (κ2) is 9.80. The van der Waals surface area contributed by atoms with Crippen LogP contribution in [0.5, 0.6) is 11.6 Å². The number of nitrogens with one attached hydrogen (secondary N) is 1. The van der Waals surface area contributed by atoms with E-state index in [0.717, 1.165) is 18.9 Å². The molecule has 1 aliphatic rings. The zero-order valence-corrected chi connectivity index (χ0v) is 17.1. The zero-order valence-electron chi connectivity index (χ0n) is 15.6. The molecule has 2 heterocycles. The highest BCUT2D eigenvalue weighted by atomic mass is 35.5. The van der Waals surface area contributed by atoms with Gasteiger partial charge in [0.05, 0.1) is 11.6 Å². The summed E-state index contributed by atoms with van der Waals surface area (Å²) < 4.78 is 11.1. The number of rotatable bonds is 8. The maximum absolute atomic E-state index is 11.9. The normalized spacial score (nSPS) is 13.5. The number of hydrogen-bond acceptors (Lipinski definition) is 6. The number of nitrogens with zero attached hydrogens (tertiary/aromatic N) is 3. The van der Waals surface area contributed by atoms with E-state index in [1.54, 1.807) is 18.2 Å². The Morgan fingerprint density at radius 2 is 1.96 bits per heavy atom. The van der Waals surface area contributed by atoms with Gasteiger partial charge in [0.15, 0.2) is 6.61 Å². The maximum Gasteiger partial charge on any atom is 0.258 e. The molecule has 2 aromatic rings. The minimum atomic E-state index is -0.272. The van der Waals surface area contributed by atoms with Gasteiger partial charge in [-0.3, -0.25) is 4.79 Å². The third kappa shape index (κ3) is 5.87. The minimum Gasteiger partial charge on any atom is -0.482 e. The van der Waals surface area contributed by atoms with Gasteiger partial charge >= 0.3 is 0 Å². The van der Waals surface area contributed by atoms with Crippen LogP contribution in [0, 0.1) is 6.92 Å². The molecule has 9 heteroatoms. The fraction of sp³-hybridized carbons (Fsp3) is 0.421. The van der Waals surface area contributed by atoms with Crippen LogP contribution in [0.4, 0.5) is 5.82 Å². The lowest BCUT2D eigenvalue weighted by Gasteiger charge is -2.17. The SMILES string of the molecule is Cc1nc(OCCNC(=O)COc2ccc(Cl)cc2Cl)cc(N2CCCC2)n1. The Morgan fingerprint density at radius 3 is 2.71 bits per heavy atom. The van der Waals surface area contributed by atoms with Gasteiger partial charge in [0.25, 0.3) is 5.91 Å². The maximum atomic E-state index is 11.9. The quantitative estimate of drug-likeness (QED) is 0.655. The van der Waals surface area contributed by atoms with Crippen molar-refractivity contribution in [2.45, 2.75) is 19.8 Å². The summed E-state index contributed by atoms with van der Waals surface area (Å²) in [5.41, 5.74) is 0. The highest BCUT2D eigenvalue weighted by Crippen LogP contribution is 2.27. The Balaban J connectivity index is 1.41. The van der Waals surface area contributed by atoms with Crippen molar-refractivity contribution in [2.75, 3.05) is 37.7 Å². The third-order valence-electron chi connectivity index (χ3n) is 4.16. The number of aryl methyl sites for hydroxylation is 1. The molecule has 0 atom stereocenters. The molecule has 3 rings (SSSR count). The van der Waals surface area contributed by atoms with Crippen LogP contribution < -0.4 is 19.7 Å². The highest BCUT2D eigenvalue weighted by Gasteiger charge is 2.15. The van der Waals surface area contributed by atoms with Crippen molar-refractivity contribution < 1.29 is 14.3 Å². The van der Waals surface area contributed by atoms with Gasteiger partial charge in [0, 0.05) is 24.2 Å². The van der Waals surface area contributed by atoms with Crippen LogP contribution in [0.15, 0.2) is 24.3 Å². The Bertz CT molecular complexity index is 829. The summed E-state index contributed by atoms with van der Waals surface area (Å²) in [6, 6.07) is 6.67. The van der Waals surface area contributed by atoms with Crippen LogP contribution in [0.1, 0.15) is 18.7 Å². The first-order chi connectivity index (χ1) is 13.5. The van der Waals surface area contributed by atoms with Crippen molar-refractivity contribution in [1.29, 1.82) is 0 Å². The summed E-state index contributed by atoms with van der Waals surface area (Å²) in [6.07, 6.45) is 2.35. The van der Waals surface area contributed by atoms with E-state index < -0.39 is 0 Å². The average molecular weight is 425 g/mol. The van der Waals surface area contributed by atoms with Crippen LogP contribution in [0.3, 0.4) is 0 Å². The molecule has 0 unspecified atom stereocenters. The predicted octanol–water partition coefficient (Wildman–Crippen LogP) is 3.27. The Labute approximate surface area is 174 Å². The summed E-state index contributed by atoms with van der Waals surface area (Å²) >= 11 is 11.8. The molecule has 28 heavy (non-hydrogen) atoms. The number of carbonyl (C=O) groups excluding carboxylic acids is 1.